The molecule has 7 aromatic rings. The number of aromatic hydroxyl groups is 5. The molecule has 0 aliphatic carbocycles. The molecular formula is C105H170O5Si5. The lowest BCUT2D eigenvalue weighted by Gasteiger charge is -2.29. The van der Waals surface area contributed by atoms with Crippen LogP contribution in [0.2, 0.25) is 89.1 Å². The average molecular weight is 1650 g/mol. The van der Waals surface area contributed by atoms with Gasteiger partial charge < -0.3 is 25.5 Å². The van der Waals surface area contributed by atoms with Gasteiger partial charge in [-0.2, -0.15) is 0 Å². The summed E-state index contributed by atoms with van der Waals surface area (Å²) in [5, 5.41) is 54.9. The third kappa shape index (κ3) is 39.6. The quantitative estimate of drug-likeness (QED) is 0.0250. The molecule has 7 rings (SSSR count). The molecule has 0 aliphatic rings. The van der Waals surface area contributed by atoms with Crippen molar-refractivity contribution in [1.29, 1.82) is 0 Å². The summed E-state index contributed by atoms with van der Waals surface area (Å²) < 4.78 is 0. The van der Waals surface area contributed by atoms with E-state index < -0.39 is 24.2 Å². The highest BCUT2D eigenvalue weighted by atomic mass is 28.3. The summed E-state index contributed by atoms with van der Waals surface area (Å²) >= 11 is 0. The first-order chi connectivity index (χ1) is 53.5. The summed E-state index contributed by atoms with van der Waals surface area (Å²) in [7, 11) is -1.40. The predicted octanol–water partition coefficient (Wildman–Crippen LogP) is 28.6. The highest BCUT2D eigenvalue weighted by Crippen LogP contribution is 2.39. The van der Waals surface area contributed by atoms with Gasteiger partial charge in [-0.15, -0.1) is 0 Å². The van der Waals surface area contributed by atoms with Crippen LogP contribution in [-0.2, 0) is 94.3 Å². The largest absolute Gasteiger partial charge is 0.508 e. The summed E-state index contributed by atoms with van der Waals surface area (Å²) in [6.45, 7) is 70.7. The van der Waals surface area contributed by atoms with Crippen LogP contribution in [0.25, 0.3) is 0 Å². The van der Waals surface area contributed by atoms with Crippen molar-refractivity contribution >= 4 is 53.6 Å². The SMILES string of the molecule is CC(C)(C)c1cc(CC[Si](C)(C)C)c(C(C)(C)C)cc1O.CC(C)Cc1cc(CC[Si](C)(C)C)c(CC(C)C)cc1O.CCCCc1cc(CC[Si](C)(C)C)c(CCCC)cc1O.CCCCc1cc(CC[Si]c2cccc(C)c2C)c(CCCC)cc1O.Cc1cccc([Si]CCc2cc(CC(C)C)c(O)cc2CC(C)C)c1C. The van der Waals surface area contributed by atoms with Crippen LogP contribution < -0.4 is 10.4 Å². The maximum absolute atomic E-state index is 10.5. The predicted molar refractivity (Wildman–Crippen MR) is 522 cm³/mol. The lowest BCUT2D eigenvalue weighted by molar-refractivity contribution is 0.442. The monoisotopic (exact) mass is 1650 g/mol. The van der Waals surface area contributed by atoms with Crippen molar-refractivity contribution in [2.24, 2.45) is 23.7 Å². The van der Waals surface area contributed by atoms with Crippen molar-refractivity contribution in [2.75, 3.05) is 0 Å². The fourth-order valence-corrected chi connectivity index (χ4v) is 20.6. The van der Waals surface area contributed by atoms with Crippen molar-refractivity contribution in [3.8, 4) is 28.7 Å². The molecule has 640 valence electrons. The van der Waals surface area contributed by atoms with E-state index in [0.29, 0.717) is 52.4 Å². The zero-order valence-corrected chi connectivity index (χ0v) is 84.7. The molecule has 4 radical (unpaired) electrons. The van der Waals surface area contributed by atoms with E-state index in [2.05, 4.69) is 290 Å². The van der Waals surface area contributed by atoms with E-state index in [1.807, 2.05) is 18.2 Å². The van der Waals surface area contributed by atoms with Gasteiger partial charge in [-0.1, -0.05) is 317 Å². The van der Waals surface area contributed by atoms with Crippen LogP contribution in [0.3, 0.4) is 0 Å². The Morgan fingerprint density at radius 3 is 0.887 bits per heavy atom. The Hall–Kier alpha value is -5.38. The van der Waals surface area contributed by atoms with Crippen LogP contribution in [-0.4, -0.2) is 68.8 Å². The first kappa shape index (κ1) is 104. The highest BCUT2D eigenvalue weighted by Gasteiger charge is 2.27. The van der Waals surface area contributed by atoms with Crippen LogP contribution in [0.5, 0.6) is 28.7 Å². The molecule has 0 heterocycles. The molecule has 0 atom stereocenters. The van der Waals surface area contributed by atoms with E-state index in [1.54, 1.807) is 0 Å². The zero-order chi connectivity index (χ0) is 86.9. The van der Waals surface area contributed by atoms with Crippen LogP contribution in [0.4, 0.5) is 0 Å². The minimum atomic E-state index is -1.06. The number of aryl methyl sites for hydroxylation is 11. The molecule has 0 bridgehead atoms. The third-order valence-electron chi connectivity index (χ3n) is 22.2. The van der Waals surface area contributed by atoms with Gasteiger partial charge in [0.25, 0.3) is 0 Å². The number of hydrogen-bond donors (Lipinski definition) is 5. The molecule has 0 amide bonds. The van der Waals surface area contributed by atoms with Gasteiger partial charge in [-0.3, -0.25) is 0 Å². The number of rotatable bonds is 37. The van der Waals surface area contributed by atoms with E-state index in [9.17, 15) is 25.5 Å². The maximum atomic E-state index is 10.5. The molecular weight excluding hydrogens is 1480 g/mol. The van der Waals surface area contributed by atoms with Gasteiger partial charge in [0, 0.05) is 24.2 Å². The molecule has 5 nitrogen and oxygen atoms in total. The molecule has 115 heavy (non-hydrogen) atoms. The minimum absolute atomic E-state index is 0.0194. The minimum Gasteiger partial charge on any atom is -0.508 e. The molecule has 10 heteroatoms. The van der Waals surface area contributed by atoms with Gasteiger partial charge in [0.05, 0.1) is 19.0 Å². The Morgan fingerprint density at radius 2 is 0.565 bits per heavy atom. The number of unbranched alkanes of at least 4 members (excludes halogenated alkanes) is 4. The fraction of sp³-hybridized carbons (Fsp3) is 0.600. The van der Waals surface area contributed by atoms with Gasteiger partial charge in [-0.05, 0) is 307 Å². The molecule has 0 aliphatic heterocycles. The normalized spacial score (nSPS) is 12.0. The third-order valence-corrected chi connectivity index (χ3v) is 30.3. The van der Waals surface area contributed by atoms with Crippen molar-refractivity contribution in [2.45, 2.75) is 387 Å². The fourth-order valence-electron chi connectivity index (χ4n) is 14.9. The summed E-state index contributed by atoms with van der Waals surface area (Å²) in [5.74, 6) is 4.82. The highest BCUT2D eigenvalue weighted by molar-refractivity contribution is 6.76. The molecule has 0 saturated heterocycles. The van der Waals surface area contributed by atoms with Crippen LogP contribution in [0.15, 0.2) is 97.1 Å². The second-order valence-electron chi connectivity index (χ2n) is 41.4. The van der Waals surface area contributed by atoms with Crippen molar-refractivity contribution in [3.63, 3.8) is 0 Å². The molecule has 0 saturated carbocycles. The number of phenols is 5. The van der Waals surface area contributed by atoms with Crippen LogP contribution >= 0.6 is 0 Å². The topological polar surface area (TPSA) is 101 Å². The maximum Gasteiger partial charge on any atom is 0.119 e. The molecule has 0 fully saturated rings. The smallest absolute Gasteiger partial charge is 0.119 e. The van der Waals surface area contributed by atoms with E-state index in [-0.39, 0.29) is 10.8 Å². The molecule has 0 aromatic heterocycles. The van der Waals surface area contributed by atoms with Crippen LogP contribution in [0, 0.1) is 51.4 Å². The zero-order valence-electron chi connectivity index (χ0n) is 79.7. The van der Waals surface area contributed by atoms with Gasteiger partial charge in [-0.25, -0.2) is 0 Å². The summed E-state index contributed by atoms with van der Waals surface area (Å²) in [6.07, 6.45) is 23.4. The van der Waals surface area contributed by atoms with Gasteiger partial charge in [0.15, 0.2) is 0 Å². The summed E-state index contributed by atoms with van der Waals surface area (Å²) in [6, 6.07) is 41.3. The Morgan fingerprint density at radius 1 is 0.296 bits per heavy atom. The first-order valence-electron chi connectivity index (χ1n) is 45.3. The molecule has 7 aromatic carbocycles. The Balaban J connectivity index is 0.000000374. The summed E-state index contributed by atoms with van der Waals surface area (Å²) in [4.78, 5) is 0. The number of benzene rings is 7. The van der Waals surface area contributed by atoms with Gasteiger partial charge >= 0.3 is 0 Å². The Labute approximate surface area is 716 Å². The van der Waals surface area contributed by atoms with Crippen molar-refractivity contribution in [1.82, 2.24) is 0 Å². The average Bonchev–Trinajstić information content (AvgIpc) is 0.781. The second-order valence-corrected chi connectivity index (χ2v) is 61.0. The summed E-state index contributed by atoms with van der Waals surface area (Å²) in [5.41, 5.74) is 25.3. The van der Waals surface area contributed by atoms with Gasteiger partial charge in [0.2, 0.25) is 0 Å². The lowest BCUT2D eigenvalue weighted by Crippen LogP contribution is -2.22. The van der Waals surface area contributed by atoms with E-state index in [4.69, 9.17) is 0 Å². The Kier molecular flexibility index (Phi) is 45.1. The van der Waals surface area contributed by atoms with E-state index >= 15 is 0 Å². The first-order valence-corrected chi connectivity index (χ1v) is 58.9. The van der Waals surface area contributed by atoms with Crippen LogP contribution in [0.1, 0.15) is 282 Å². The second kappa shape index (κ2) is 50.0. The standard InChI is InChI=1S/2C24H34OSi.3C19H34OSi/c1-16(2)12-21-15-23(25)22(13-17(3)4)14-20(21)10-11-26-24-9-7-8-18(5)19(24)6;1-5-7-11-20-17-23(25)22(12-8-6-2)16-21(20)14-15-26-24-13-9-10-18(3)19(24)4;1-18(2,3)15-13-17(20)16(19(4,5)6)12-14(15)10-11-21(7,8)9;1-14(2)10-17-13-19(20)18(11-15(3)4)12-16(17)8-9-21(5,6)7;1-6-8-10-16-15-19(20)18(11-9-7-2)14-17(16)12-13-21(3,4)5/h7-9,14-17,25H,10-13H2,1-6H3;9-10,13,16-17,25H,5-8,11-12,14-15H2,1-4H3;12-13,20H,10-11H2,1-9H3;12-15,20H,8-11H2,1-7H3;14-15,20H,6-13H2,1-5H3. The molecule has 0 unspecified atom stereocenters. The van der Waals surface area contributed by atoms with Crippen molar-refractivity contribution in [3.05, 3.63) is 203 Å². The van der Waals surface area contributed by atoms with E-state index in [0.717, 1.165) is 130 Å². The van der Waals surface area contributed by atoms with Crippen molar-refractivity contribution < 1.29 is 25.5 Å². The number of phenolic OH excluding ortho intramolecular Hbond substituents is 5. The van der Waals surface area contributed by atoms with E-state index in [1.165, 1.54) is 170 Å². The molecule has 5 N–H and O–H groups in total. The lowest BCUT2D eigenvalue weighted by atomic mass is 9.78. The molecule has 0 spiro atoms. The Bertz CT molecular complexity index is 4010. The van der Waals surface area contributed by atoms with Gasteiger partial charge in [0.1, 0.15) is 28.7 Å². The number of hydrogen-bond acceptors (Lipinski definition) is 5.